The number of fused-ring (bicyclic) bond motifs is 1. The highest BCUT2D eigenvalue weighted by molar-refractivity contribution is 5.82. The molecule has 150 valence electrons. The molecule has 0 aliphatic rings. The number of allylic oxidation sites excluding steroid dienone is 2. The Morgan fingerprint density at radius 3 is 2.70 bits per heavy atom. The van der Waals surface area contributed by atoms with Crippen LogP contribution < -0.4 is 0 Å². The number of benzene rings is 2. The predicted octanol–water partition coefficient (Wildman–Crippen LogP) is 3.73. The van der Waals surface area contributed by atoms with Crippen LogP contribution in [0.25, 0.3) is 28.0 Å². The summed E-state index contributed by atoms with van der Waals surface area (Å²) in [5.74, 6) is -0.241. The van der Waals surface area contributed by atoms with Gasteiger partial charge in [-0.25, -0.2) is 4.98 Å². The Morgan fingerprint density at radius 2 is 1.97 bits per heavy atom. The number of tetrazole rings is 1. The Bertz CT molecular complexity index is 1260. The van der Waals surface area contributed by atoms with Gasteiger partial charge < -0.3 is 10.1 Å². The molecule has 0 atom stereocenters. The van der Waals surface area contributed by atoms with E-state index >= 15 is 0 Å². The highest BCUT2D eigenvalue weighted by atomic mass is 19.4. The van der Waals surface area contributed by atoms with Gasteiger partial charge >= 0.3 is 6.18 Å². The molecule has 0 aliphatic heterocycles. The Labute approximate surface area is 166 Å². The Balaban J connectivity index is 1.62. The van der Waals surface area contributed by atoms with Crippen molar-refractivity contribution in [3.05, 3.63) is 65.7 Å². The highest BCUT2D eigenvalue weighted by Gasteiger charge is 2.30. The first-order chi connectivity index (χ1) is 14.3. The van der Waals surface area contributed by atoms with Gasteiger partial charge in [0.05, 0.1) is 16.6 Å². The molecule has 2 aromatic heterocycles. The zero-order valence-electron chi connectivity index (χ0n) is 15.1. The maximum Gasteiger partial charge on any atom is 0.416 e. The number of hydrogen-bond acceptors (Lipinski definition) is 6. The summed E-state index contributed by atoms with van der Waals surface area (Å²) in [4.78, 5) is 8.18. The van der Waals surface area contributed by atoms with Crippen LogP contribution in [0.5, 0.6) is 0 Å². The van der Waals surface area contributed by atoms with E-state index in [1.165, 1.54) is 12.1 Å². The Morgan fingerprint density at radius 1 is 1.17 bits per heavy atom. The molecule has 0 fully saturated rings. The first-order valence-corrected chi connectivity index (χ1v) is 8.58. The number of nitriles is 1. The second kappa shape index (κ2) is 7.32. The number of halogens is 3. The number of aromatic nitrogens is 6. The third kappa shape index (κ3) is 3.70. The fraction of sp³-hybridized carbons (Fsp3) is 0.105. The van der Waals surface area contributed by atoms with E-state index in [1.54, 1.807) is 24.3 Å². The molecule has 2 aromatic carbocycles. The van der Waals surface area contributed by atoms with Crippen LogP contribution in [-0.2, 0) is 12.7 Å². The van der Waals surface area contributed by atoms with Crippen molar-refractivity contribution in [1.82, 2.24) is 30.2 Å². The van der Waals surface area contributed by atoms with Crippen molar-refractivity contribution < 1.29 is 18.3 Å². The van der Waals surface area contributed by atoms with E-state index in [1.807, 2.05) is 6.07 Å². The molecular weight excluding hydrogens is 399 g/mol. The average molecular weight is 411 g/mol. The molecule has 0 amide bonds. The lowest BCUT2D eigenvalue weighted by Gasteiger charge is -2.06. The number of imidazole rings is 1. The van der Waals surface area contributed by atoms with Crippen LogP contribution in [0.15, 0.2) is 54.3 Å². The summed E-state index contributed by atoms with van der Waals surface area (Å²) in [5.41, 5.74) is 0.495. The quantitative estimate of drug-likeness (QED) is 0.390. The molecule has 8 nitrogen and oxygen atoms in total. The van der Waals surface area contributed by atoms with Gasteiger partial charge in [0.25, 0.3) is 0 Å². The maximum atomic E-state index is 12.9. The van der Waals surface area contributed by atoms with Crippen molar-refractivity contribution >= 4 is 16.6 Å². The topological polar surface area (TPSA) is 116 Å². The zero-order chi connectivity index (χ0) is 21.3. The van der Waals surface area contributed by atoms with Gasteiger partial charge in [-0.05, 0) is 29.5 Å². The van der Waals surface area contributed by atoms with Crippen LogP contribution in [-0.4, -0.2) is 35.3 Å². The summed E-state index contributed by atoms with van der Waals surface area (Å²) < 4.78 is 38.7. The van der Waals surface area contributed by atoms with E-state index in [-0.39, 0.29) is 35.1 Å². The summed E-state index contributed by atoms with van der Waals surface area (Å²) in [5, 5.41) is 31.3. The predicted molar refractivity (Wildman–Crippen MR) is 99.5 cm³/mol. The van der Waals surface area contributed by atoms with Gasteiger partial charge in [-0.3, -0.25) is 0 Å². The number of aliphatic hydroxyl groups excluding tert-OH is 1. The van der Waals surface area contributed by atoms with E-state index in [2.05, 4.69) is 25.4 Å². The monoisotopic (exact) mass is 411 g/mol. The van der Waals surface area contributed by atoms with Crippen molar-refractivity contribution in [1.29, 1.82) is 5.26 Å². The smallest absolute Gasteiger partial charge is 0.416 e. The number of aromatic amines is 1. The molecule has 0 saturated heterocycles. The van der Waals surface area contributed by atoms with E-state index < -0.39 is 11.7 Å². The van der Waals surface area contributed by atoms with E-state index in [4.69, 9.17) is 0 Å². The number of nitrogens with zero attached hydrogens (tertiary/aromatic N) is 6. The van der Waals surface area contributed by atoms with Crippen molar-refractivity contribution in [2.24, 2.45) is 0 Å². The maximum absolute atomic E-state index is 12.9. The lowest BCUT2D eigenvalue weighted by Crippen LogP contribution is -2.07. The van der Waals surface area contributed by atoms with E-state index in [9.17, 15) is 23.5 Å². The van der Waals surface area contributed by atoms with Crippen molar-refractivity contribution in [2.75, 3.05) is 0 Å². The first-order valence-electron chi connectivity index (χ1n) is 8.58. The zero-order valence-corrected chi connectivity index (χ0v) is 15.1. The number of alkyl halides is 3. The minimum Gasteiger partial charge on any atom is -0.509 e. The minimum absolute atomic E-state index is 0.0452. The molecule has 2 heterocycles. The van der Waals surface area contributed by atoms with E-state index in [0.29, 0.717) is 11.0 Å². The lowest BCUT2D eigenvalue weighted by atomic mass is 10.1. The second-order valence-electron chi connectivity index (χ2n) is 6.26. The average Bonchev–Trinajstić information content (AvgIpc) is 3.35. The third-order valence-electron chi connectivity index (χ3n) is 4.22. The molecule has 0 radical (unpaired) electrons. The van der Waals surface area contributed by atoms with Gasteiger partial charge in [-0.15, -0.1) is 10.2 Å². The van der Waals surface area contributed by atoms with Crippen LogP contribution in [0, 0.1) is 11.3 Å². The van der Waals surface area contributed by atoms with E-state index in [0.717, 1.165) is 16.9 Å². The number of aliphatic hydroxyl groups is 1. The first kappa shape index (κ1) is 19.1. The van der Waals surface area contributed by atoms with Gasteiger partial charge in [0, 0.05) is 5.56 Å². The minimum atomic E-state index is -4.50. The molecule has 4 rings (SSSR count). The number of nitrogens with one attached hydrogen (secondary N) is 1. The summed E-state index contributed by atoms with van der Waals surface area (Å²) in [6, 6.07) is 13.5. The van der Waals surface area contributed by atoms with Crippen molar-refractivity contribution in [2.45, 2.75) is 12.7 Å². The number of para-hydroxylation sites is 2. The standard InChI is InChI=1S/C19H12F3N7O/c20-19(21,22)12-5-3-4-11(8-12)17-26-28-29(27-17)10-16(30)13(9-23)18-24-14-6-1-2-7-15(14)25-18/h1-8,30H,10H2,(H,24,25)/b16-13-. The van der Waals surface area contributed by atoms with Crippen LogP contribution in [0.3, 0.4) is 0 Å². The van der Waals surface area contributed by atoms with Gasteiger partial charge in [-0.1, -0.05) is 24.3 Å². The summed E-state index contributed by atoms with van der Waals surface area (Å²) in [6.45, 7) is -0.314. The van der Waals surface area contributed by atoms with Crippen LogP contribution >= 0.6 is 0 Å². The summed E-state index contributed by atoms with van der Waals surface area (Å²) in [7, 11) is 0. The Hall–Kier alpha value is -4.20. The number of H-pyrrole nitrogens is 1. The molecule has 0 spiro atoms. The molecular formula is C19H12F3N7O. The van der Waals surface area contributed by atoms with Crippen LogP contribution in [0.2, 0.25) is 0 Å². The SMILES string of the molecule is N#C/C(=C(/O)Cn1nnc(-c2cccc(C(F)(F)F)c2)n1)c1nc2ccccc2[nH]1. The fourth-order valence-electron chi connectivity index (χ4n) is 2.80. The van der Waals surface area contributed by atoms with Crippen LogP contribution in [0.4, 0.5) is 13.2 Å². The van der Waals surface area contributed by atoms with Gasteiger partial charge in [0.1, 0.15) is 23.9 Å². The van der Waals surface area contributed by atoms with Gasteiger partial charge in [0.2, 0.25) is 5.82 Å². The number of rotatable bonds is 4. The Kier molecular flexibility index (Phi) is 4.67. The molecule has 11 heteroatoms. The molecule has 0 saturated carbocycles. The normalized spacial score (nSPS) is 12.6. The third-order valence-corrected chi connectivity index (χ3v) is 4.22. The number of hydrogen-bond donors (Lipinski definition) is 2. The molecule has 2 N–H and O–H groups in total. The van der Waals surface area contributed by atoms with Crippen LogP contribution in [0.1, 0.15) is 11.4 Å². The van der Waals surface area contributed by atoms with Gasteiger partial charge in [0.15, 0.2) is 5.82 Å². The fourth-order valence-corrected chi connectivity index (χ4v) is 2.80. The summed E-state index contributed by atoms with van der Waals surface area (Å²) >= 11 is 0. The molecule has 0 unspecified atom stereocenters. The van der Waals surface area contributed by atoms with Crippen molar-refractivity contribution in [3.63, 3.8) is 0 Å². The molecule has 0 bridgehead atoms. The van der Waals surface area contributed by atoms with Gasteiger partial charge in [-0.2, -0.15) is 23.2 Å². The lowest BCUT2D eigenvalue weighted by molar-refractivity contribution is -0.137. The largest absolute Gasteiger partial charge is 0.509 e. The molecule has 0 aliphatic carbocycles. The molecule has 30 heavy (non-hydrogen) atoms. The second-order valence-corrected chi connectivity index (χ2v) is 6.26. The highest BCUT2D eigenvalue weighted by Crippen LogP contribution is 2.31. The molecule has 4 aromatic rings. The van der Waals surface area contributed by atoms with Crippen molar-refractivity contribution in [3.8, 4) is 17.5 Å². The summed E-state index contributed by atoms with van der Waals surface area (Å²) in [6.07, 6.45) is -4.50.